The van der Waals surface area contributed by atoms with Crippen LogP contribution in [0.5, 0.6) is 0 Å². The molecule has 2 heterocycles. The average Bonchev–Trinajstić information content (AvgIpc) is 2.88. The summed E-state index contributed by atoms with van der Waals surface area (Å²) in [6.07, 6.45) is 8.23. The van der Waals surface area contributed by atoms with Crippen molar-refractivity contribution < 1.29 is 9.59 Å². The molecule has 0 radical (unpaired) electrons. The summed E-state index contributed by atoms with van der Waals surface area (Å²) in [5.74, 6) is 0.0376. The number of nitrogens with one attached hydrogen (secondary N) is 1. The van der Waals surface area contributed by atoms with Gasteiger partial charge in [-0.3, -0.25) is 9.59 Å². The van der Waals surface area contributed by atoms with Crippen LogP contribution in [0, 0.1) is 5.92 Å². The number of fused-ring (bicyclic) bond motifs is 2. The Morgan fingerprint density at radius 2 is 2.11 bits per heavy atom. The van der Waals surface area contributed by atoms with E-state index in [2.05, 4.69) is 15.3 Å². The highest BCUT2D eigenvalue weighted by Gasteiger charge is 2.39. The van der Waals surface area contributed by atoms with Crippen LogP contribution in [0.4, 0.5) is 5.69 Å². The average molecular weight is 414 g/mol. The molecule has 1 aromatic rings. The minimum absolute atomic E-state index is 0.0938. The van der Waals surface area contributed by atoms with Gasteiger partial charge in [0.05, 0.1) is 5.04 Å². The molecule has 0 spiro atoms. The van der Waals surface area contributed by atoms with Crippen molar-refractivity contribution in [3.05, 3.63) is 34.7 Å². The number of hydrogen-bond donors (Lipinski definition) is 1. The Bertz CT molecular complexity index is 905. The van der Waals surface area contributed by atoms with E-state index in [4.69, 9.17) is 0 Å². The number of nitrogens with zero attached hydrogens (tertiary/aromatic N) is 2. The number of carbonyl (C=O) groups is 2. The molecule has 0 saturated heterocycles. The largest absolute Gasteiger partial charge is 0.326 e. The Balaban J connectivity index is 1.37. The smallest absolute Gasteiger partial charge is 0.261 e. The molecule has 1 aromatic carbocycles. The molecule has 5 nitrogen and oxygen atoms in total. The van der Waals surface area contributed by atoms with Crippen molar-refractivity contribution in [3.63, 3.8) is 0 Å². The molecule has 146 valence electrons. The van der Waals surface area contributed by atoms with Crippen molar-refractivity contribution >= 4 is 51.9 Å². The van der Waals surface area contributed by atoms with Gasteiger partial charge >= 0.3 is 0 Å². The summed E-state index contributed by atoms with van der Waals surface area (Å²) < 4.78 is 0. The third-order valence-corrected chi connectivity index (χ3v) is 7.16. The number of amidine groups is 1. The lowest BCUT2D eigenvalue weighted by Crippen LogP contribution is -2.26. The number of rotatable bonds is 5. The fourth-order valence-corrected chi connectivity index (χ4v) is 5.60. The maximum Gasteiger partial charge on any atom is 0.261 e. The lowest BCUT2D eigenvalue weighted by Gasteiger charge is -2.16. The summed E-state index contributed by atoms with van der Waals surface area (Å²) in [7, 11) is 0. The number of thioether (sulfide) groups is 2. The van der Waals surface area contributed by atoms with Gasteiger partial charge in [0.25, 0.3) is 5.91 Å². The summed E-state index contributed by atoms with van der Waals surface area (Å²) in [5, 5.41) is 3.78. The van der Waals surface area contributed by atoms with Crippen molar-refractivity contribution in [2.45, 2.75) is 49.8 Å². The zero-order chi connectivity index (χ0) is 19.5. The maximum absolute atomic E-state index is 12.6. The maximum atomic E-state index is 12.6. The standard InChI is InChI=1S/C21H23N3O2S2/c1-27-14-7-5-6-13(12-14)22-18(25)11-10-17-23-20(26)19-15-8-3-2-4-9-16(15)28-21(19)24-17/h5-7,12,19H,2-4,8-11H2,1H3,(H,22,25). The van der Waals surface area contributed by atoms with Gasteiger partial charge in [0.1, 0.15) is 11.8 Å². The van der Waals surface area contributed by atoms with E-state index in [0.717, 1.165) is 34.9 Å². The second kappa shape index (κ2) is 8.66. The van der Waals surface area contributed by atoms with Crippen molar-refractivity contribution in [2.75, 3.05) is 11.6 Å². The van der Waals surface area contributed by atoms with E-state index in [1.165, 1.54) is 23.3 Å². The monoisotopic (exact) mass is 413 g/mol. The summed E-state index contributed by atoms with van der Waals surface area (Å²) in [6.45, 7) is 0. The molecule has 0 aromatic heterocycles. The van der Waals surface area contributed by atoms with Crippen LogP contribution in [0.2, 0.25) is 0 Å². The molecule has 1 atom stereocenters. The topological polar surface area (TPSA) is 70.9 Å². The van der Waals surface area contributed by atoms with Gasteiger partial charge in [-0.05, 0) is 60.6 Å². The molecule has 2 aliphatic heterocycles. The minimum Gasteiger partial charge on any atom is -0.326 e. The fourth-order valence-electron chi connectivity index (χ4n) is 3.78. The quantitative estimate of drug-likeness (QED) is 0.686. The Morgan fingerprint density at radius 1 is 1.25 bits per heavy atom. The van der Waals surface area contributed by atoms with Gasteiger partial charge in [-0.25, -0.2) is 4.99 Å². The molecule has 4 rings (SSSR count). The highest BCUT2D eigenvalue weighted by Crippen LogP contribution is 2.46. The van der Waals surface area contributed by atoms with Gasteiger partial charge < -0.3 is 5.32 Å². The van der Waals surface area contributed by atoms with E-state index in [1.54, 1.807) is 23.5 Å². The van der Waals surface area contributed by atoms with E-state index >= 15 is 0 Å². The van der Waals surface area contributed by atoms with Gasteiger partial charge in [0, 0.05) is 23.4 Å². The highest BCUT2D eigenvalue weighted by molar-refractivity contribution is 8.17. The molecule has 0 fully saturated rings. The number of amides is 2. The van der Waals surface area contributed by atoms with Crippen LogP contribution in [-0.2, 0) is 9.59 Å². The van der Waals surface area contributed by atoms with E-state index in [0.29, 0.717) is 12.3 Å². The Hall–Kier alpha value is -1.86. The fraction of sp³-hybridized carbons (Fsp3) is 0.429. The SMILES string of the molecule is CSc1cccc(NC(=O)CCC2=NC(=O)C3C(=N2)SC2=C3CCCCC2)c1. The molecule has 0 bridgehead atoms. The van der Waals surface area contributed by atoms with Crippen LogP contribution in [0.15, 0.2) is 49.6 Å². The van der Waals surface area contributed by atoms with Gasteiger partial charge in [-0.1, -0.05) is 24.2 Å². The number of benzene rings is 1. The summed E-state index contributed by atoms with van der Waals surface area (Å²) >= 11 is 3.30. The van der Waals surface area contributed by atoms with E-state index in [1.807, 2.05) is 30.5 Å². The lowest BCUT2D eigenvalue weighted by molar-refractivity contribution is -0.119. The van der Waals surface area contributed by atoms with Gasteiger partial charge in [0.2, 0.25) is 5.91 Å². The number of aliphatic imine (C=N–C) groups is 2. The first-order valence-electron chi connectivity index (χ1n) is 9.67. The van der Waals surface area contributed by atoms with Crippen LogP contribution < -0.4 is 5.32 Å². The van der Waals surface area contributed by atoms with Crippen LogP contribution in [0.25, 0.3) is 0 Å². The van der Waals surface area contributed by atoms with Gasteiger partial charge in [-0.2, -0.15) is 4.99 Å². The number of hydrogen-bond acceptors (Lipinski definition) is 5. The van der Waals surface area contributed by atoms with Gasteiger partial charge in [0.15, 0.2) is 0 Å². The van der Waals surface area contributed by atoms with Gasteiger partial charge in [-0.15, -0.1) is 11.8 Å². The molecular formula is C21H23N3O2S2. The lowest BCUT2D eigenvalue weighted by atomic mass is 9.94. The highest BCUT2D eigenvalue weighted by atomic mass is 32.2. The van der Waals surface area contributed by atoms with Crippen molar-refractivity contribution in [1.82, 2.24) is 0 Å². The second-order valence-corrected chi connectivity index (χ2v) is 9.14. The van der Waals surface area contributed by atoms with E-state index < -0.39 is 0 Å². The Kier molecular flexibility index (Phi) is 6.01. The third-order valence-electron chi connectivity index (χ3n) is 5.19. The Morgan fingerprint density at radius 3 is 2.96 bits per heavy atom. The zero-order valence-corrected chi connectivity index (χ0v) is 17.5. The third kappa shape index (κ3) is 4.25. The van der Waals surface area contributed by atoms with Crippen LogP contribution in [-0.4, -0.2) is 28.9 Å². The summed E-state index contributed by atoms with van der Waals surface area (Å²) in [4.78, 5) is 36.2. The molecule has 1 aliphatic carbocycles. The summed E-state index contributed by atoms with van der Waals surface area (Å²) in [6, 6.07) is 7.75. The predicted octanol–water partition coefficient (Wildman–Crippen LogP) is 5.05. The van der Waals surface area contributed by atoms with E-state index in [-0.39, 0.29) is 24.2 Å². The van der Waals surface area contributed by atoms with Crippen molar-refractivity contribution in [3.8, 4) is 0 Å². The van der Waals surface area contributed by atoms with Crippen LogP contribution >= 0.6 is 23.5 Å². The van der Waals surface area contributed by atoms with Crippen molar-refractivity contribution in [2.24, 2.45) is 15.9 Å². The van der Waals surface area contributed by atoms with Crippen molar-refractivity contribution in [1.29, 1.82) is 0 Å². The first kappa shape index (κ1) is 19.5. The normalized spacial score (nSPS) is 21.5. The molecule has 1 N–H and O–H groups in total. The molecule has 28 heavy (non-hydrogen) atoms. The predicted molar refractivity (Wildman–Crippen MR) is 117 cm³/mol. The molecule has 0 saturated carbocycles. The van der Waals surface area contributed by atoms with E-state index in [9.17, 15) is 9.59 Å². The number of carbonyl (C=O) groups excluding carboxylic acids is 2. The number of allylic oxidation sites excluding steroid dienone is 1. The molecule has 3 aliphatic rings. The molecular weight excluding hydrogens is 390 g/mol. The Labute approximate surface area is 173 Å². The first-order chi connectivity index (χ1) is 13.6. The first-order valence-corrected chi connectivity index (χ1v) is 11.7. The van der Waals surface area contributed by atoms with Crippen LogP contribution in [0.3, 0.4) is 0 Å². The molecule has 2 amide bonds. The van der Waals surface area contributed by atoms with Crippen LogP contribution in [0.1, 0.15) is 44.9 Å². The molecule has 7 heteroatoms. The second-order valence-electron chi connectivity index (χ2n) is 7.14. The number of anilines is 1. The molecule has 1 unspecified atom stereocenters. The summed E-state index contributed by atoms with van der Waals surface area (Å²) in [5.41, 5.74) is 2.03. The zero-order valence-electron chi connectivity index (χ0n) is 15.9. The minimum atomic E-state index is -0.245.